The first-order valence-corrected chi connectivity index (χ1v) is 9.87. The predicted octanol–water partition coefficient (Wildman–Crippen LogP) is 2.74. The lowest BCUT2D eigenvalue weighted by Gasteiger charge is -2.30. The van der Waals surface area contributed by atoms with E-state index in [4.69, 9.17) is 4.42 Å². The van der Waals surface area contributed by atoms with Gasteiger partial charge in [0.2, 0.25) is 11.8 Å². The summed E-state index contributed by atoms with van der Waals surface area (Å²) in [6.45, 7) is 5.43. The van der Waals surface area contributed by atoms with Gasteiger partial charge < -0.3 is 14.2 Å². The van der Waals surface area contributed by atoms with Gasteiger partial charge in [0.05, 0.1) is 0 Å². The summed E-state index contributed by atoms with van der Waals surface area (Å²) in [6, 6.07) is 3.98. The van der Waals surface area contributed by atoms with Crippen molar-refractivity contribution in [2.75, 3.05) is 13.1 Å². The third-order valence-electron chi connectivity index (χ3n) is 5.24. The lowest BCUT2D eigenvalue weighted by Crippen LogP contribution is -2.39. The molecule has 2 amide bonds. The molecule has 0 bridgehead atoms. The zero-order chi connectivity index (χ0) is 19.9. The maximum absolute atomic E-state index is 12.6. The molecule has 3 heterocycles. The van der Waals surface area contributed by atoms with Crippen LogP contribution in [0.25, 0.3) is 0 Å². The van der Waals surface area contributed by atoms with E-state index < -0.39 is 0 Å². The number of likely N-dealkylation sites (tertiary alicyclic amines) is 1. The summed E-state index contributed by atoms with van der Waals surface area (Å²) in [7, 11) is 0. The van der Waals surface area contributed by atoms with E-state index in [-0.39, 0.29) is 17.9 Å². The van der Waals surface area contributed by atoms with Crippen LogP contribution in [0.3, 0.4) is 0 Å². The average molecular weight is 384 g/mol. The molecule has 0 radical (unpaired) electrons. The lowest BCUT2D eigenvalue weighted by molar-refractivity contribution is -0.132. The molecule has 150 valence electrons. The Kier molecular flexibility index (Phi) is 6.79. The van der Waals surface area contributed by atoms with E-state index in [9.17, 15) is 9.59 Å². The van der Waals surface area contributed by atoms with Gasteiger partial charge >= 0.3 is 0 Å². The highest BCUT2D eigenvalue weighted by molar-refractivity contribution is 5.76. The first kappa shape index (κ1) is 20.0. The SMILES string of the molecule is CC(=O)N(Cc1cncnc1)[C@@H]1CCCN(C(=O)CCc2ccc(C)o2)CC1. The van der Waals surface area contributed by atoms with E-state index >= 15 is 0 Å². The van der Waals surface area contributed by atoms with Crippen LogP contribution in [0.4, 0.5) is 0 Å². The molecule has 1 fully saturated rings. The van der Waals surface area contributed by atoms with Crippen LogP contribution < -0.4 is 0 Å². The van der Waals surface area contributed by atoms with Gasteiger partial charge in [0, 0.05) is 63.4 Å². The third kappa shape index (κ3) is 5.41. The minimum Gasteiger partial charge on any atom is -0.466 e. The molecule has 0 unspecified atom stereocenters. The van der Waals surface area contributed by atoms with Crippen molar-refractivity contribution < 1.29 is 14.0 Å². The molecule has 1 saturated heterocycles. The minimum atomic E-state index is 0.0434. The highest BCUT2D eigenvalue weighted by atomic mass is 16.3. The number of hydrogen-bond acceptors (Lipinski definition) is 5. The molecule has 7 heteroatoms. The van der Waals surface area contributed by atoms with Gasteiger partial charge in [0.25, 0.3) is 0 Å². The zero-order valence-electron chi connectivity index (χ0n) is 16.6. The van der Waals surface area contributed by atoms with Crippen LogP contribution in [0, 0.1) is 6.92 Å². The smallest absolute Gasteiger partial charge is 0.223 e. The van der Waals surface area contributed by atoms with Crippen molar-refractivity contribution in [1.29, 1.82) is 0 Å². The number of nitrogens with zero attached hydrogens (tertiary/aromatic N) is 4. The second kappa shape index (κ2) is 9.48. The van der Waals surface area contributed by atoms with Gasteiger partial charge in [-0.2, -0.15) is 0 Å². The second-order valence-corrected chi connectivity index (χ2v) is 7.37. The summed E-state index contributed by atoms with van der Waals surface area (Å²) in [6.07, 6.45) is 8.63. The van der Waals surface area contributed by atoms with E-state index in [1.165, 1.54) is 6.33 Å². The second-order valence-electron chi connectivity index (χ2n) is 7.37. The van der Waals surface area contributed by atoms with Crippen LogP contribution in [0.5, 0.6) is 0 Å². The Morgan fingerprint density at radius 2 is 2.00 bits per heavy atom. The predicted molar refractivity (Wildman–Crippen MR) is 104 cm³/mol. The number of hydrogen-bond donors (Lipinski definition) is 0. The van der Waals surface area contributed by atoms with Gasteiger partial charge in [-0.05, 0) is 38.3 Å². The van der Waals surface area contributed by atoms with Crippen molar-refractivity contribution in [3.8, 4) is 0 Å². The van der Waals surface area contributed by atoms with Crippen LogP contribution >= 0.6 is 0 Å². The fourth-order valence-electron chi connectivity index (χ4n) is 3.75. The summed E-state index contributed by atoms with van der Waals surface area (Å²) in [4.78, 5) is 36.7. The Morgan fingerprint density at radius 3 is 2.68 bits per heavy atom. The van der Waals surface area contributed by atoms with Crippen molar-refractivity contribution in [3.05, 3.63) is 47.9 Å². The molecule has 0 spiro atoms. The summed E-state index contributed by atoms with van der Waals surface area (Å²) in [5, 5.41) is 0. The molecular formula is C21H28N4O3. The van der Waals surface area contributed by atoms with Crippen molar-refractivity contribution in [2.45, 2.75) is 58.5 Å². The molecule has 1 aliphatic rings. The van der Waals surface area contributed by atoms with Gasteiger partial charge in [0.15, 0.2) is 0 Å². The van der Waals surface area contributed by atoms with Crippen molar-refractivity contribution >= 4 is 11.8 Å². The largest absolute Gasteiger partial charge is 0.466 e. The number of amides is 2. The molecule has 3 rings (SSSR count). The highest BCUT2D eigenvalue weighted by Gasteiger charge is 2.26. The quantitative estimate of drug-likeness (QED) is 0.765. The maximum Gasteiger partial charge on any atom is 0.223 e. The average Bonchev–Trinajstić information content (AvgIpc) is 2.96. The van der Waals surface area contributed by atoms with Gasteiger partial charge in [-0.15, -0.1) is 0 Å². The van der Waals surface area contributed by atoms with E-state index in [0.29, 0.717) is 25.9 Å². The zero-order valence-corrected chi connectivity index (χ0v) is 16.6. The van der Waals surface area contributed by atoms with Crippen molar-refractivity contribution in [3.63, 3.8) is 0 Å². The standard InChI is InChI=1S/C21H28N4O3/c1-16-5-6-20(28-16)7-8-21(27)24-10-3-4-19(9-11-24)25(17(2)26)14-18-12-22-15-23-13-18/h5-6,12-13,15,19H,3-4,7-11,14H2,1-2H3/t19-/m1/s1. The van der Waals surface area contributed by atoms with Crippen molar-refractivity contribution in [2.24, 2.45) is 0 Å². The molecule has 0 aliphatic carbocycles. The summed E-state index contributed by atoms with van der Waals surface area (Å²) in [5.41, 5.74) is 0.920. The normalized spacial score (nSPS) is 17.2. The molecule has 28 heavy (non-hydrogen) atoms. The van der Waals surface area contributed by atoms with Crippen LogP contribution in [0.1, 0.15) is 49.7 Å². The summed E-state index contributed by atoms with van der Waals surface area (Å²) >= 11 is 0. The number of aromatic nitrogens is 2. The summed E-state index contributed by atoms with van der Waals surface area (Å²) in [5.74, 6) is 1.92. The van der Waals surface area contributed by atoms with E-state index in [2.05, 4.69) is 9.97 Å². The Bertz CT molecular complexity index is 790. The lowest BCUT2D eigenvalue weighted by atomic mass is 10.1. The monoisotopic (exact) mass is 384 g/mol. The summed E-state index contributed by atoms with van der Waals surface area (Å²) < 4.78 is 5.55. The highest BCUT2D eigenvalue weighted by Crippen LogP contribution is 2.20. The van der Waals surface area contributed by atoms with Crippen LogP contribution in [0.2, 0.25) is 0 Å². The Labute approximate surface area is 165 Å². The molecule has 2 aromatic rings. The molecule has 1 aliphatic heterocycles. The van der Waals surface area contributed by atoms with Crippen LogP contribution in [-0.4, -0.2) is 50.7 Å². The Balaban J connectivity index is 1.55. The van der Waals surface area contributed by atoms with Gasteiger partial charge in [0.1, 0.15) is 17.8 Å². The van der Waals surface area contributed by atoms with Crippen LogP contribution in [0.15, 0.2) is 35.3 Å². The molecule has 7 nitrogen and oxygen atoms in total. The molecule has 2 aromatic heterocycles. The van der Waals surface area contributed by atoms with Gasteiger partial charge in [-0.3, -0.25) is 9.59 Å². The third-order valence-corrected chi connectivity index (χ3v) is 5.24. The van der Waals surface area contributed by atoms with Crippen LogP contribution in [-0.2, 0) is 22.6 Å². The maximum atomic E-state index is 12.6. The molecule has 0 saturated carbocycles. The fourth-order valence-corrected chi connectivity index (χ4v) is 3.75. The Morgan fingerprint density at radius 1 is 1.21 bits per heavy atom. The van der Waals surface area contributed by atoms with E-state index in [1.807, 2.05) is 28.9 Å². The molecule has 0 aromatic carbocycles. The number of rotatable bonds is 6. The topological polar surface area (TPSA) is 79.5 Å². The van der Waals surface area contributed by atoms with Gasteiger partial charge in [-0.1, -0.05) is 0 Å². The molecular weight excluding hydrogens is 356 g/mol. The first-order valence-electron chi connectivity index (χ1n) is 9.87. The first-order chi connectivity index (χ1) is 13.5. The number of furan rings is 1. The fraction of sp³-hybridized carbons (Fsp3) is 0.524. The molecule has 1 atom stereocenters. The number of carbonyl (C=O) groups excluding carboxylic acids is 2. The Hall–Kier alpha value is -2.70. The number of carbonyl (C=O) groups is 2. The van der Waals surface area contributed by atoms with Gasteiger partial charge in [-0.25, -0.2) is 9.97 Å². The van der Waals surface area contributed by atoms with Crippen molar-refractivity contribution in [1.82, 2.24) is 19.8 Å². The minimum absolute atomic E-state index is 0.0434. The number of aryl methyl sites for hydroxylation is 2. The molecule has 0 N–H and O–H groups in total. The van der Waals surface area contributed by atoms with E-state index in [0.717, 1.165) is 42.9 Å². The van der Waals surface area contributed by atoms with E-state index in [1.54, 1.807) is 19.3 Å².